The predicted molar refractivity (Wildman–Crippen MR) is 58.0 cm³/mol. The molecule has 0 aliphatic rings. The summed E-state index contributed by atoms with van der Waals surface area (Å²) in [5.41, 5.74) is 0. The molecular formula is C9H16N4O3. The quantitative estimate of drug-likeness (QED) is 0.617. The summed E-state index contributed by atoms with van der Waals surface area (Å²) in [6.07, 6.45) is 1.57. The lowest BCUT2D eigenvalue weighted by Crippen LogP contribution is -2.39. The van der Waals surface area contributed by atoms with E-state index in [4.69, 9.17) is 10.2 Å². The Hall–Kier alpha value is -1.60. The average Bonchev–Trinajstić information content (AvgIpc) is 2.64. The number of anilines is 1. The Balaban J connectivity index is 2.58. The van der Waals surface area contributed by atoms with E-state index in [1.807, 2.05) is 0 Å². The third-order valence-electron chi connectivity index (χ3n) is 2.08. The Morgan fingerprint density at radius 1 is 1.50 bits per heavy atom. The summed E-state index contributed by atoms with van der Waals surface area (Å²) in [6.45, 7) is 0.0894. The van der Waals surface area contributed by atoms with Gasteiger partial charge in [-0.3, -0.25) is 10.00 Å². The standard InChI is InChI=1S/C9H16N4O3/c1-12-8(2-3-10-12)11-9(16)13(4-6-14)5-7-15/h2-3,14-15H,4-7H2,1H3,(H,11,16). The lowest BCUT2D eigenvalue weighted by molar-refractivity contribution is 0.167. The number of carbonyl (C=O) groups is 1. The number of hydrogen-bond donors (Lipinski definition) is 3. The van der Waals surface area contributed by atoms with Crippen molar-refractivity contribution in [3.8, 4) is 0 Å². The zero-order chi connectivity index (χ0) is 12.0. The van der Waals surface area contributed by atoms with Crippen LogP contribution in [0.5, 0.6) is 0 Å². The van der Waals surface area contributed by atoms with Gasteiger partial charge in [-0.05, 0) is 0 Å². The maximum atomic E-state index is 11.7. The van der Waals surface area contributed by atoms with Crippen LogP contribution >= 0.6 is 0 Å². The van der Waals surface area contributed by atoms with Gasteiger partial charge < -0.3 is 15.1 Å². The maximum absolute atomic E-state index is 11.7. The minimum absolute atomic E-state index is 0.140. The van der Waals surface area contributed by atoms with E-state index in [1.54, 1.807) is 19.3 Å². The number of amides is 2. The first-order valence-corrected chi connectivity index (χ1v) is 4.94. The Kier molecular flexibility index (Phi) is 4.74. The molecule has 1 aromatic heterocycles. The van der Waals surface area contributed by atoms with Crippen LogP contribution in [0, 0.1) is 0 Å². The molecule has 0 fully saturated rings. The highest BCUT2D eigenvalue weighted by atomic mass is 16.3. The summed E-state index contributed by atoms with van der Waals surface area (Å²) in [6, 6.07) is 1.29. The Morgan fingerprint density at radius 2 is 2.12 bits per heavy atom. The molecule has 0 unspecified atom stereocenters. The van der Waals surface area contributed by atoms with Crippen LogP contribution in [0.2, 0.25) is 0 Å². The fourth-order valence-corrected chi connectivity index (χ4v) is 1.24. The summed E-state index contributed by atoms with van der Waals surface area (Å²) in [7, 11) is 1.71. The molecule has 0 atom stereocenters. The molecule has 2 amide bonds. The summed E-state index contributed by atoms with van der Waals surface area (Å²) in [5, 5.41) is 24.1. The van der Waals surface area contributed by atoms with E-state index in [2.05, 4.69) is 10.4 Å². The van der Waals surface area contributed by atoms with Crippen LogP contribution in [0.25, 0.3) is 0 Å². The Morgan fingerprint density at radius 3 is 2.56 bits per heavy atom. The highest BCUT2D eigenvalue weighted by Gasteiger charge is 2.13. The summed E-state index contributed by atoms with van der Waals surface area (Å²) in [4.78, 5) is 13.0. The van der Waals surface area contributed by atoms with E-state index in [0.717, 1.165) is 0 Å². The highest BCUT2D eigenvalue weighted by molar-refractivity contribution is 5.88. The molecule has 7 nitrogen and oxygen atoms in total. The molecule has 0 spiro atoms. The van der Waals surface area contributed by atoms with Crippen molar-refractivity contribution in [3.63, 3.8) is 0 Å². The lowest BCUT2D eigenvalue weighted by Gasteiger charge is -2.20. The summed E-state index contributed by atoms with van der Waals surface area (Å²) >= 11 is 0. The van der Waals surface area contributed by atoms with Crippen LogP contribution in [-0.2, 0) is 7.05 Å². The second-order valence-corrected chi connectivity index (χ2v) is 3.20. The van der Waals surface area contributed by atoms with E-state index in [-0.39, 0.29) is 32.3 Å². The van der Waals surface area contributed by atoms with Crippen LogP contribution in [0.3, 0.4) is 0 Å². The second-order valence-electron chi connectivity index (χ2n) is 3.20. The van der Waals surface area contributed by atoms with Gasteiger partial charge in [-0.2, -0.15) is 5.10 Å². The number of urea groups is 1. The van der Waals surface area contributed by atoms with Gasteiger partial charge in [0.1, 0.15) is 5.82 Å². The molecule has 0 saturated carbocycles. The molecule has 0 aromatic carbocycles. The number of aliphatic hydroxyl groups excluding tert-OH is 2. The van der Waals surface area contributed by atoms with Crippen LogP contribution in [0.15, 0.2) is 12.3 Å². The fraction of sp³-hybridized carbons (Fsp3) is 0.556. The van der Waals surface area contributed by atoms with Gasteiger partial charge in [0.05, 0.1) is 19.4 Å². The van der Waals surface area contributed by atoms with Crippen molar-refractivity contribution in [2.24, 2.45) is 7.05 Å². The monoisotopic (exact) mass is 228 g/mol. The maximum Gasteiger partial charge on any atom is 0.323 e. The topological polar surface area (TPSA) is 90.6 Å². The van der Waals surface area contributed by atoms with Gasteiger partial charge in [0, 0.05) is 26.2 Å². The van der Waals surface area contributed by atoms with Gasteiger partial charge in [0.2, 0.25) is 0 Å². The molecular weight excluding hydrogens is 212 g/mol. The number of aromatic nitrogens is 2. The molecule has 3 N–H and O–H groups in total. The number of carbonyl (C=O) groups excluding carboxylic acids is 1. The van der Waals surface area contributed by atoms with Gasteiger partial charge >= 0.3 is 6.03 Å². The third kappa shape index (κ3) is 3.21. The Bertz CT molecular complexity index is 333. The fourth-order valence-electron chi connectivity index (χ4n) is 1.24. The second kappa shape index (κ2) is 6.09. The van der Waals surface area contributed by atoms with Gasteiger partial charge in [0.15, 0.2) is 0 Å². The normalized spacial score (nSPS) is 10.2. The molecule has 90 valence electrons. The Labute approximate surface area is 93.3 Å². The van der Waals surface area contributed by atoms with E-state index in [9.17, 15) is 4.79 Å². The molecule has 0 saturated heterocycles. The first-order valence-electron chi connectivity index (χ1n) is 4.94. The van der Waals surface area contributed by atoms with Crippen molar-refractivity contribution < 1.29 is 15.0 Å². The molecule has 0 aliphatic carbocycles. The first-order chi connectivity index (χ1) is 7.69. The minimum Gasteiger partial charge on any atom is -0.395 e. The van der Waals surface area contributed by atoms with Crippen LogP contribution in [-0.4, -0.2) is 57.2 Å². The highest BCUT2D eigenvalue weighted by Crippen LogP contribution is 2.04. The van der Waals surface area contributed by atoms with Crippen molar-refractivity contribution in [1.82, 2.24) is 14.7 Å². The number of aryl methyl sites for hydroxylation is 1. The molecule has 16 heavy (non-hydrogen) atoms. The molecule has 1 aromatic rings. The molecule has 0 radical (unpaired) electrons. The van der Waals surface area contributed by atoms with Crippen molar-refractivity contribution >= 4 is 11.8 Å². The number of hydrogen-bond acceptors (Lipinski definition) is 4. The molecule has 0 bridgehead atoms. The zero-order valence-corrected chi connectivity index (χ0v) is 9.13. The van der Waals surface area contributed by atoms with Gasteiger partial charge in [-0.25, -0.2) is 4.79 Å². The number of aliphatic hydroxyl groups is 2. The molecule has 7 heteroatoms. The number of rotatable bonds is 5. The van der Waals surface area contributed by atoms with E-state index >= 15 is 0 Å². The minimum atomic E-state index is -0.369. The third-order valence-corrected chi connectivity index (χ3v) is 2.08. The molecule has 1 rings (SSSR count). The summed E-state index contributed by atoms with van der Waals surface area (Å²) < 4.78 is 1.52. The summed E-state index contributed by atoms with van der Waals surface area (Å²) in [5.74, 6) is 0.561. The van der Waals surface area contributed by atoms with Crippen molar-refractivity contribution in [2.75, 3.05) is 31.6 Å². The van der Waals surface area contributed by atoms with Crippen LogP contribution < -0.4 is 5.32 Å². The largest absolute Gasteiger partial charge is 0.395 e. The van der Waals surface area contributed by atoms with Crippen molar-refractivity contribution in [2.45, 2.75) is 0 Å². The van der Waals surface area contributed by atoms with Crippen molar-refractivity contribution in [3.05, 3.63) is 12.3 Å². The molecule has 1 heterocycles. The van der Waals surface area contributed by atoms with Crippen LogP contribution in [0.4, 0.5) is 10.6 Å². The number of nitrogens with one attached hydrogen (secondary N) is 1. The molecule has 0 aliphatic heterocycles. The SMILES string of the molecule is Cn1nccc1NC(=O)N(CCO)CCO. The van der Waals surface area contributed by atoms with Crippen molar-refractivity contribution in [1.29, 1.82) is 0 Å². The average molecular weight is 228 g/mol. The lowest BCUT2D eigenvalue weighted by atomic mass is 10.5. The van der Waals surface area contributed by atoms with E-state index in [0.29, 0.717) is 5.82 Å². The van der Waals surface area contributed by atoms with Gasteiger partial charge in [0.25, 0.3) is 0 Å². The van der Waals surface area contributed by atoms with E-state index in [1.165, 1.54) is 9.58 Å². The van der Waals surface area contributed by atoms with E-state index < -0.39 is 0 Å². The van der Waals surface area contributed by atoms with Gasteiger partial charge in [-0.1, -0.05) is 0 Å². The zero-order valence-electron chi connectivity index (χ0n) is 9.13. The van der Waals surface area contributed by atoms with Crippen LogP contribution in [0.1, 0.15) is 0 Å². The number of nitrogens with zero attached hydrogens (tertiary/aromatic N) is 3. The first kappa shape index (κ1) is 12.5. The smallest absolute Gasteiger partial charge is 0.323 e. The predicted octanol–water partition coefficient (Wildman–Crippen LogP) is -0.761. The van der Waals surface area contributed by atoms with Gasteiger partial charge in [-0.15, -0.1) is 0 Å².